The van der Waals surface area contributed by atoms with E-state index in [-0.39, 0.29) is 5.91 Å². The van der Waals surface area contributed by atoms with Crippen LogP contribution in [0.3, 0.4) is 0 Å². The van der Waals surface area contributed by atoms with Gasteiger partial charge in [-0.3, -0.25) is 4.79 Å². The average Bonchev–Trinajstić information content (AvgIpc) is 3.52. The third-order valence-corrected chi connectivity index (χ3v) is 8.29. The predicted octanol–water partition coefficient (Wildman–Crippen LogP) is 9.66. The topological polar surface area (TPSA) is 46.4 Å². The molecule has 1 aromatic heterocycles. The molecule has 0 unspecified atom stereocenters. The Labute approximate surface area is 250 Å². The van der Waals surface area contributed by atoms with E-state index in [2.05, 4.69) is 45.2 Å². The number of hydrogen-bond donors (Lipinski definition) is 1. The Balaban J connectivity index is 1.52. The molecular formula is C32H20Cl3N3OS. The van der Waals surface area contributed by atoms with Gasteiger partial charge in [0.1, 0.15) is 0 Å². The quantitative estimate of drug-likeness (QED) is 0.204. The molecule has 1 aliphatic rings. The molecule has 4 aromatic carbocycles. The first-order valence-electron chi connectivity index (χ1n) is 12.3. The summed E-state index contributed by atoms with van der Waals surface area (Å²) >= 11 is 20.0. The van der Waals surface area contributed by atoms with Crippen molar-refractivity contribution in [2.45, 2.75) is 0 Å². The van der Waals surface area contributed by atoms with Gasteiger partial charge in [-0.1, -0.05) is 102 Å². The second kappa shape index (κ2) is 11.4. The van der Waals surface area contributed by atoms with Gasteiger partial charge in [0.2, 0.25) is 0 Å². The van der Waals surface area contributed by atoms with E-state index in [0.717, 1.165) is 33.8 Å². The van der Waals surface area contributed by atoms with Crippen LogP contribution in [0, 0.1) is 0 Å². The normalized spacial score (nSPS) is 15.1. The van der Waals surface area contributed by atoms with Crippen molar-refractivity contribution >= 4 is 69.4 Å². The molecule has 0 radical (unpaired) electrons. The molecule has 1 amide bonds. The minimum Gasteiger partial charge on any atom is -0.309 e. The zero-order valence-electron chi connectivity index (χ0n) is 20.8. The molecule has 1 saturated heterocycles. The highest BCUT2D eigenvalue weighted by Crippen LogP contribution is 2.40. The maximum absolute atomic E-state index is 13.1. The number of aromatic nitrogens is 1. The first kappa shape index (κ1) is 26.5. The van der Waals surface area contributed by atoms with E-state index in [9.17, 15) is 4.79 Å². The van der Waals surface area contributed by atoms with Crippen LogP contribution in [0.4, 0.5) is 5.69 Å². The van der Waals surface area contributed by atoms with Crippen LogP contribution in [-0.4, -0.2) is 15.6 Å². The Hall–Kier alpha value is -3.74. The molecule has 4 nitrogen and oxygen atoms in total. The molecule has 40 heavy (non-hydrogen) atoms. The number of carbonyl (C=O) groups excluding carboxylic acids is 1. The Morgan fingerprint density at radius 2 is 1.45 bits per heavy atom. The van der Waals surface area contributed by atoms with Crippen molar-refractivity contribution in [1.29, 1.82) is 0 Å². The third kappa shape index (κ3) is 5.34. The van der Waals surface area contributed by atoms with Gasteiger partial charge in [-0.05, 0) is 71.4 Å². The van der Waals surface area contributed by atoms with Crippen LogP contribution in [0.15, 0.2) is 119 Å². The summed E-state index contributed by atoms with van der Waals surface area (Å²) in [5.74, 6) is -0.235. The van der Waals surface area contributed by atoms with Gasteiger partial charge < -0.3 is 9.88 Å². The Kier molecular flexibility index (Phi) is 7.55. The van der Waals surface area contributed by atoms with Gasteiger partial charge in [-0.25, -0.2) is 4.99 Å². The van der Waals surface area contributed by atoms with Crippen LogP contribution < -0.4 is 5.32 Å². The van der Waals surface area contributed by atoms with E-state index in [1.807, 2.05) is 66.7 Å². The van der Waals surface area contributed by atoms with E-state index in [1.54, 1.807) is 18.2 Å². The number of rotatable bonds is 5. The molecule has 1 aliphatic heterocycles. The van der Waals surface area contributed by atoms with Gasteiger partial charge in [0.15, 0.2) is 5.17 Å². The number of benzene rings is 4. The van der Waals surface area contributed by atoms with Crippen molar-refractivity contribution in [3.8, 4) is 28.2 Å². The minimum absolute atomic E-state index is 0.235. The molecule has 0 bridgehead atoms. The number of carbonyl (C=O) groups is 1. The second-order valence-corrected chi connectivity index (χ2v) is 11.2. The van der Waals surface area contributed by atoms with E-state index in [4.69, 9.17) is 34.8 Å². The van der Waals surface area contributed by atoms with Crippen LogP contribution in [0.25, 0.3) is 34.3 Å². The van der Waals surface area contributed by atoms with E-state index in [1.165, 1.54) is 11.8 Å². The Bertz CT molecular complexity index is 1780. The highest BCUT2D eigenvalue weighted by molar-refractivity contribution is 8.18. The summed E-state index contributed by atoms with van der Waals surface area (Å²) in [4.78, 5) is 18.1. The van der Waals surface area contributed by atoms with Crippen molar-refractivity contribution in [2.24, 2.45) is 4.99 Å². The zero-order valence-corrected chi connectivity index (χ0v) is 23.9. The van der Waals surface area contributed by atoms with Crippen LogP contribution in [-0.2, 0) is 4.79 Å². The van der Waals surface area contributed by atoms with Gasteiger partial charge in [-0.15, -0.1) is 0 Å². The number of amidine groups is 1. The summed E-state index contributed by atoms with van der Waals surface area (Å²) in [5, 5.41) is 4.68. The lowest BCUT2D eigenvalue weighted by Crippen LogP contribution is -2.19. The van der Waals surface area contributed by atoms with Crippen LogP contribution in [0.1, 0.15) is 5.56 Å². The van der Waals surface area contributed by atoms with Crippen LogP contribution >= 0.6 is 46.6 Å². The molecular weight excluding hydrogens is 581 g/mol. The highest BCUT2D eigenvalue weighted by atomic mass is 35.5. The van der Waals surface area contributed by atoms with Gasteiger partial charge in [0.05, 0.1) is 32.0 Å². The summed E-state index contributed by atoms with van der Waals surface area (Å²) in [7, 11) is 0. The highest BCUT2D eigenvalue weighted by Gasteiger charge is 2.26. The van der Waals surface area contributed by atoms with Crippen molar-refractivity contribution in [3.63, 3.8) is 0 Å². The maximum Gasteiger partial charge on any atom is 0.264 e. The lowest BCUT2D eigenvalue weighted by atomic mass is 10.1. The van der Waals surface area contributed by atoms with Crippen LogP contribution in [0.2, 0.25) is 15.1 Å². The molecule has 0 spiro atoms. The first-order chi connectivity index (χ1) is 19.5. The smallest absolute Gasteiger partial charge is 0.264 e. The summed E-state index contributed by atoms with van der Waals surface area (Å²) in [6, 6.07) is 35.4. The van der Waals surface area contributed by atoms with Crippen molar-refractivity contribution < 1.29 is 4.79 Å². The minimum atomic E-state index is -0.235. The Morgan fingerprint density at radius 3 is 2.15 bits per heavy atom. The van der Waals surface area contributed by atoms with Gasteiger partial charge in [0, 0.05) is 16.3 Å². The molecule has 8 heteroatoms. The average molecular weight is 601 g/mol. The molecule has 0 aliphatic carbocycles. The number of amides is 1. The number of aliphatic imine (C=N–C) groups is 1. The van der Waals surface area contributed by atoms with E-state index >= 15 is 0 Å². The predicted molar refractivity (Wildman–Crippen MR) is 169 cm³/mol. The number of nitrogens with one attached hydrogen (secondary N) is 1. The summed E-state index contributed by atoms with van der Waals surface area (Å²) < 4.78 is 2.20. The van der Waals surface area contributed by atoms with Gasteiger partial charge >= 0.3 is 0 Å². The summed E-state index contributed by atoms with van der Waals surface area (Å²) in [6.45, 7) is 0. The van der Waals surface area contributed by atoms with Gasteiger partial charge in [-0.2, -0.15) is 0 Å². The molecule has 2 heterocycles. The SMILES string of the molecule is O=C1NC(=Nc2cccc(Cl)c2Cl)S/C1=C/c1cc(-c2ccccc2)n(-c2ccc(Cl)cc2)c1-c1ccccc1. The molecule has 1 N–H and O–H groups in total. The number of halogens is 3. The van der Waals surface area contributed by atoms with Crippen molar-refractivity contribution in [1.82, 2.24) is 9.88 Å². The monoisotopic (exact) mass is 599 g/mol. The standard InChI is InChI=1S/C32H20Cl3N3OS/c33-23-14-16-24(17-15-23)38-27(20-8-3-1-4-9-20)18-22(30(38)21-10-5-2-6-11-21)19-28-31(39)37-32(40-28)36-26-13-7-12-25(34)29(26)35/h1-19H,(H,36,37,39)/b28-19+. The summed E-state index contributed by atoms with van der Waals surface area (Å²) in [5.41, 5.74) is 6.31. The van der Waals surface area contributed by atoms with E-state index < -0.39 is 0 Å². The van der Waals surface area contributed by atoms with Gasteiger partial charge in [0.25, 0.3) is 5.91 Å². The largest absolute Gasteiger partial charge is 0.309 e. The summed E-state index contributed by atoms with van der Waals surface area (Å²) in [6.07, 6.45) is 1.91. The fourth-order valence-electron chi connectivity index (χ4n) is 4.52. The molecule has 196 valence electrons. The lowest BCUT2D eigenvalue weighted by Gasteiger charge is -2.15. The first-order valence-corrected chi connectivity index (χ1v) is 14.3. The van der Waals surface area contributed by atoms with E-state index in [0.29, 0.717) is 30.8 Å². The molecule has 1 fully saturated rings. The maximum atomic E-state index is 13.1. The third-order valence-electron chi connectivity index (χ3n) is 6.32. The number of thioether (sulfide) groups is 1. The number of nitrogens with zero attached hydrogens (tertiary/aromatic N) is 2. The molecule has 0 atom stereocenters. The zero-order chi connectivity index (χ0) is 27.6. The van der Waals surface area contributed by atoms with Crippen molar-refractivity contribution in [3.05, 3.63) is 135 Å². The lowest BCUT2D eigenvalue weighted by molar-refractivity contribution is -0.115. The fraction of sp³-hybridized carbons (Fsp3) is 0. The fourth-order valence-corrected chi connectivity index (χ4v) is 5.81. The molecule has 0 saturated carbocycles. The second-order valence-electron chi connectivity index (χ2n) is 8.93. The molecule has 5 aromatic rings. The van der Waals surface area contributed by atoms with Crippen molar-refractivity contribution in [2.75, 3.05) is 0 Å². The number of hydrogen-bond acceptors (Lipinski definition) is 3. The Morgan fingerprint density at radius 1 is 0.775 bits per heavy atom. The van der Waals surface area contributed by atoms with Crippen LogP contribution in [0.5, 0.6) is 0 Å². The molecule has 6 rings (SSSR count).